The first-order valence-corrected chi connectivity index (χ1v) is 17.0. The highest BCUT2D eigenvalue weighted by Gasteiger charge is 2.39. The molecule has 3 unspecified atom stereocenters. The van der Waals surface area contributed by atoms with E-state index in [-0.39, 0.29) is 18.6 Å². The minimum absolute atomic E-state index is 0.0268. The molecule has 3 aliphatic rings. The topological polar surface area (TPSA) is 72.9 Å². The third-order valence-electron chi connectivity index (χ3n) is 8.64. The highest BCUT2D eigenvalue weighted by Crippen LogP contribution is 2.35. The Labute approximate surface area is 268 Å². The second kappa shape index (κ2) is 16.8. The number of fused-ring (bicyclic) bond motifs is 1. The highest BCUT2D eigenvalue weighted by molar-refractivity contribution is 5.78. The molecule has 1 aromatic carbocycles. The summed E-state index contributed by atoms with van der Waals surface area (Å²) in [5, 5.41) is 3.38. The first-order valence-electron chi connectivity index (χ1n) is 17.0. The maximum Gasteiger partial charge on any atom is 0.328 e. The van der Waals surface area contributed by atoms with Gasteiger partial charge in [0, 0.05) is 31.3 Å². The van der Waals surface area contributed by atoms with Crippen molar-refractivity contribution in [3.8, 4) is 0 Å². The fourth-order valence-corrected chi connectivity index (χ4v) is 6.37. The van der Waals surface area contributed by atoms with E-state index >= 15 is 4.39 Å². The first kappa shape index (κ1) is 35.2. The molecule has 0 radical (unpaired) electrons. The zero-order valence-corrected chi connectivity index (χ0v) is 27.9. The Kier molecular flexibility index (Phi) is 13.2. The van der Waals surface area contributed by atoms with Gasteiger partial charge < -0.3 is 19.5 Å². The lowest BCUT2D eigenvalue weighted by atomic mass is 9.96. The number of anilines is 1. The summed E-state index contributed by atoms with van der Waals surface area (Å²) in [5.74, 6) is -0.0790. The van der Waals surface area contributed by atoms with Gasteiger partial charge in [-0.25, -0.2) is 18.6 Å². The number of likely N-dealkylation sites (tertiary alicyclic amines) is 1. The van der Waals surface area contributed by atoms with Gasteiger partial charge in [0.15, 0.2) is 0 Å². The number of carbonyl (C=O) groups excluding carboxylic acids is 1. The van der Waals surface area contributed by atoms with Gasteiger partial charge in [0.1, 0.15) is 29.4 Å². The van der Waals surface area contributed by atoms with Crippen LogP contribution in [0.2, 0.25) is 0 Å². The molecule has 0 spiro atoms. The van der Waals surface area contributed by atoms with E-state index in [0.29, 0.717) is 44.7 Å². The molecule has 250 valence electrons. The maximum absolute atomic E-state index is 15.5. The van der Waals surface area contributed by atoms with Crippen molar-refractivity contribution in [3.05, 3.63) is 58.5 Å². The van der Waals surface area contributed by atoms with E-state index in [1.807, 2.05) is 39.5 Å². The van der Waals surface area contributed by atoms with Crippen LogP contribution in [0.1, 0.15) is 102 Å². The maximum atomic E-state index is 15.5. The van der Waals surface area contributed by atoms with E-state index in [2.05, 4.69) is 17.4 Å². The smallest absolute Gasteiger partial charge is 0.328 e. The molecule has 4 atom stereocenters. The Morgan fingerprint density at radius 2 is 2.00 bits per heavy atom. The molecule has 2 aromatic rings. The van der Waals surface area contributed by atoms with Crippen LogP contribution in [-0.4, -0.2) is 66.6 Å². The lowest BCUT2D eigenvalue weighted by Crippen LogP contribution is -2.38. The number of esters is 1. The van der Waals surface area contributed by atoms with E-state index in [9.17, 15) is 9.18 Å². The van der Waals surface area contributed by atoms with Crippen LogP contribution in [0.5, 0.6) is 0 Å². The number of benzene rings is 1. The molecule has 0 aliphatic carbocycles. The van der Waals surface area contributed by atoms with Gasteiger partial charge >= 0.3 is 5.97 Å². The number of aryl methyl sites for hydroxylation is 2. The normalized spacial score (nSPS) is 21.3. The summed E-state index contributed by atoms with van der Waals surface area (Å²) in [4.78, 5) is 20.4. The summed E-state index contributed by atoms with van der Waals surface area (Å²) in [7, 11) is 0. The molecule has 0 amide bonds. The Bertz CT molecular complexity index is 1230. The van der Waals surface area contributed by atoms with Crippen LogP contribution in [0.25, 0.3) is 0 Å². The summed E-state index contributed by atoms with van der Waals surface area (Å²) in [6.45, 7) is 12.8. The Balaban J connectivity index is 0.00000226. The van der Waals surface area contributed by atoms with Crippen molar-refractivity contribution in [2.24, 2.45) is 5.92 Å². The van der Waals surface area contributed by atoms with Gasteiger partial charge in [-0.1, -0.05) is 32.4 Å². The second-order valence-electron chi connectivity index (χ2n) is 13.2. The van der Waals surface area contributed by atoms with Crippen molar-refractivity contribution in [1.82, 2.24) is 9.88 Å². The lowest BCUT2D eigenvalue weighted by molar-refractivity contribution is -0.161. The summed E-state index contributed by atoms with van der Waals surface area (Å²) in [6.07, 6.45) is 5.60. The molecule has 1 aromatic heterocycles. The SMILES string of the molecule is CC.CC(C)(C)OC(=O)C(c1cc(F)ccc1CO[C@H]1CCOC1)N1CCC(C(F)CCCCc2ccc3c(n2)NCCC3)C1. The molecule has 0 saturated carbocycles. The number of pyridine rings is 1. The van der Waals surface area contributed by atoms with Crippen molar-refractivity contribution in [2.45, 2.75) is 117 Å². The third kappa shape index (κ3) is 10.2. The molecule has 9 heteroatoms. The molecule has 2 saturated heterocycles. The van der Waals surface area contributed by atoms with E-state index in [1.54, 1.807) is 6.07 Å². The Hall–Kier alpha value is -2.62. The fourth-order valence-electron chi connectivity index (χ4n) is 6.37. The van der Waals surface area contributed by atoms with Crippen molar-refractivity contribution in [3.63, 3.8) is 0 Å². The number of hydrogen-bond acceptors (Lipinski definition) is 7. The number of rotatable bonds is 12. The van der Waals surface area contributed by atoms with Gasteiger partial charge in [-0.15, -0.1) is 0 Å². The minimum atomic E-state index is -0.972. The predicted octanol–water partition coefficient (Wildman–Crippen LogP) is 7.37. The number of carbonyl (C=O) groups is 1. The number of hydrogen-bond donors (Lipinski definition) is 1. The average Bonchev–Trinajstić information content (AvgIpc) is 3.72. The number of ether oxygens (including phenoxy) is 3. The summed E-state index contributed by atoms with van der Waals surface area (Å²) >= 11 is 0. The van der Waals surface area contributed by atoms with E-state index in [1.165, 1.54) is 17.7 Å². The van der Waals surface area contributed by atoms with Crippen LogP contribution < -0.4 is 5.32 Å². The first-order chi connectivity index (χ1) is 21.7. The van der Waals surface area contributed by atoms with Crippen LogP contribution >= 0.6 is 0 Å². The van der Waals surface area contributed by atoms with E-state index in [4.69, 9.17) is 19.2 Å². The molecule has 5 rings (SSSR count). The number of aromatic nitrogens is 1. The van der Waals surface area contributed by atoms with Gasteiger partial charge in [0.2, 0.25) is 0 Å². The van der Waals surface area contributed by atoms with Crippen molar-refractivity contribution >= 4 is 11.8 Å². The zero-order chi connectivity index (χ0) is 32.4. The third-order valence-corrected chi connectivity index (χ3v) is 8.64. The highest BCUT2D eigenvalue weighted by atomic mass is 19.1. The standard InChI is InChI=1S/C34H47F2N3O4.C2H6/c1-34(2,3)43-33(40)31(29-19-26(35)12-10-25(29)21-42-28-15-18-41-22-28)39-17-14-24(20-39)30(36)9-5-4-8-27-13-11-23-7-6-16-37-32(23)38-27;1-2/h10-13,19,24,28,30-31H,4-9,14-18,20-22H2,1-3H3,(H,37,38);1-2H3/t24?,28-,30?,31?;/m0./s1. The van der Waals surface area contributed by atoms with Crippen LogP contribution in [-0.2, 0) is 38.5 Å². The van der Waals surface area contributed by atoms with Crippen LogP contribution in [0, 0.1) is 11.7 Å². The number of nitrogens with one attached hydrogen (secondary N) is 1. The molecule has 1 N–H and O–H groups in total. The monoisotopic (exact) mass is 629 g/mol. The predicted molar refractivity (Wildman–Crippen MR) is 174 cm³/mol. The number of nitrogens with zero attached hydrogens (tertiary/aromatic N) is 2. The fraction of sp³-hybridized carbons (Fsp3) is 0.667. The van der Waals surface area contributed by atoms with Crippen LogP contribution in [0.4, 0.5) is 14.6 Å². The van der Waals surface area contributed by atoms with Gasteiger partial charge in [-0.2, -0.15) is 0 Å². The number of halogens is 2. The second-order valence-corrected chi connectivity index (χ2v) is 13.2. The van der Waals surface area contributed by atoms with Crippen molar-refractivity contribution in [1.29, 1.82) is 0 Å². The molecule has 3 aliphatic heterocycles. The van der Waals surface area contributed by atoms with Crippen molar-refractivity contribution < 1.29 is 27.8 Å². The molecule has 0 bridgehead atoms. The molecular weight excluding hydrogens is 576 g/mol. The summed E-state index contributed by atoms with van der Waals surface area (Å²) in [5.41, 5.74) is 2.86. The lowest BCUT2D eigenvalue weighted by Gasteiger charge is -2.31. The molecule has 4 heterocycles. The van der Waals surface area contributed by atoms with Gasteiger partial charge in [0.25, 0.3) is 0 Å². The number of unbranched alkanes of at least 4 members (excludes halogenated alkanes) is 1. The molecular formula is C36H53F2N3O4. The quantitative estimate of drug-likeness (QED) is 0.194. The van der Waals surface area contributed by atoms with Crippen LogP contribution in [0.15, 0.2) is 30.3 Å². The van der Waals surface area contributed by atoms with Gasteiger partial charge in [-0.3, -0.25) is 4.90 Å². The largest absolute Gasteiger partial charge is 0.459 e. The minimum Gasteiger partial charge on any atom is -0.459 e. The van der Waals surface area contributed by atoms with E-state index < -0.39 is 29.6 Å². The number of alkyl halides is 1. The van der Waals surface area contributed by atoms with Gasteiger partial charge in [0.05, 0.1) is 19.3 Å². The Morgan fingerprint density at radius 1 is 1.18 bits per heavy atom. The summed E-state index contributed by atoms with van der Waals surface area (Å²) in [6, 6.07) is 7.89. The average molecular weight is 630 g/mol. The molecule has 7 nitrogen and oxygen atoms in total. The van der Waals surface area contributed by atoms with Crippen molar-refractivity contribution in [2.75, 3.05) is 38.2 Å². The van der Waals surface area contributed by atoms with E-state index in [0.717, 1.165) is 62.1 Å². The van der Waals surface area contributed by atoms with Gasteiger partial charge in [-0.05, 0) is 107 Å². The molecule has 2 fully saturated rings. The summed E-state index contributed by atoms with van der Waals surface area (Å²) < 4.78 is 47.5. The zero-order valence-electron chi connectivity index (χ0n) is 27.9. The molecule has 45 heavy (non-hydrogen) atoms. The Morgan fingerprint density at radius 3 is 2.76 bits per heavy atom. The van der Waals surface area contributed by atoms with Crippen LogP contribution in [0.3, 0.4) is 0 Å².